The quantitative estimate of drug-likeness (QED) is 0.514. The molecule has 3 heterocycles. The maximum absolute atomic E-state index is 11.7. The van der Waals surface area contributed by atoms with E-state index in [1.807, 2.05) is 0 Å². The number of carbonyl (C=O) groups excluding carboxylic acids is 1. The van der Waals surface area contributed by atoms with Gasteiger partial charge >= 0.3 is 5.97 Å². The van der Waals surface area contributed by atoms with Gasteiger partial charge in [-0.2, -0.15) is 0 Å². The summed E-state index contributed by atoms with van der Waals surface area (Å²) in [4.78, 5) is 34.9. The van der Waals surface area contributed by atoms with Crippen LogP contribution < -0.4 is 16.0 Å². The van der Waals surface area contributed by atoms with Gasteiger partial charge in [0.15, 0.2) is 36.4 Å². The number of aromatic nitrogens is 5. The minimum atomic E-state index is -1.08. The third kappa shape index (κ3) is 2.72. The van der Waals surface area contributed by atoms with Gasteiger partial charge < -0.3 is 16.6 Å². The molecule has 1 atom stereocenters. The molecule has 122 valence electrons. The topological polar surface area (TPSA) is 154 Å². The summed E-state index contributed by atoms with van der Waals surface area (Å²) in [6.45, 7) is 0.0474. The molecule has 0 aliphatic carbocycles. The van der Waals surface area contributed by atoms with E-state index in [2.05, 4.69) is 15.0 Å². The minimum Gasteiger partial charge on any atom is -0.480 e. The standard InChI is InChI=1S/C14H13N7O3/c15-11-10-13(18-6-17-11)21(7-19-10)9(14(23)24)5-20-3-1-2-8(4-20)12(16)22/h1-4,6-7,9H,5H2,(H4-,15,16,17,18,22,23,24)/p+1/t9-/m1/s1. The van der Waals surface area contributed by atoms with Crippen LogP contribution in [0.5, 0.6) is 0 Å². The van der Waals surface area contributed by atoms with Gasteiger partial charge in [-0.15, -0.1) is 0 Å². The molecule has 0 aromatic carbocycles. The summed E-state index contributed by atoms with van der Waals surface area (Å²) in [7, 11) is 0. The molecule has 0 bridgehead atoms. The fourth-order valence-corrected chi connectivity index (χ4v) is 2.36. The average molecular weight is 328 g/mol. The van der Waals surface area contributed by atoms with Crippen molar-refractivity contribution in [2.24, 2.45) is 5.73 Å². The largest absolute Gasteiger partial charge is 0.480 e. The van der Waals surface area contributed by atoms with Crippen LogP contribution in [-0.2, 0) is 11.3 Å². The number of hydrogen-bond acceptors (Lipinski definition) is 6. The van der Waals surface area contributed by atoms with E-state index < -0.39 is 17.9 Å². The van der Waals surface area contributed by atoms with Crippen molar-refractivity contribution >= 4 is 28.9 Å². The number of primary amides is 1. The number of aliphatic carboxylic acids is 1. The molecule has 0 saturated heterocycles. The van der Waals surface area contributed by atoms with Crippen LogP contribution in [0.15, 0.2) is 37.2 Å². The summed E-state index contributed by atoms with van der Waals surface area (Å²) in [5.74, 6) is -1.50. The summed E-state index contributed by atoms with van der Waals surface area (Å²) >= 11 is 0. The molecule has 10 heteroatoms. The Balaban J connectivity index is 2.01. The van der Waals surface area contributed by atoms with E-state index in [-0.39, 0.29) is 17.9 Å². The van der Waals surface area contributed by atoms with Gasteiger partial charge in [0.05, 0.1) is 6.33 Å². The van der Waals surface area contributed by atoms with Gasteiger partial charge in [0.2, 0.25) is 0 Å². The predicted octanol–water partition coefficient (Wildman–Crippen LogP) is -0.879. The Labute approximate surface area is 135 Å². The summed E-state index contributed by atoms with van der Waals surface area (Å²) in [6, 6.07) is 2.16. The second-order valence-electron chi connectivity index (χ2n) is 5.09. The van der Waals surface area contributed by atoms with Crippen LogP contribution in [0, 0.1) is 0 Å². The zero-order valence-corrected chi connectivity index (χ0v) is 12.4. The van der Waals surface area contributed by atoms with Gasteiger partial charge in [-0.3, -0.25) is 9.36 Å². The second-order valence-corrected chi connectivity index (χ2v) is 5.09. The third-order valence-electron chi connectivity index (χ3n) is 3.53. The highest BCUT2D eigenvalue weighted by Gasteiger charge is 2.27. The molecule has 0 saturated carbocycles. The fraction of sp³-hybridized carbons (Fsp3) is 0.143. The molecule has 10 nitrogen and oxygen atoms in total. The Morgan fingerprint density at radius 2 is 2.12 bits per heavy atom. The number of fused-ring (bicyclic) bond motifs is 1. The van der Waals surface area contributed by atoms with E-state index in [9.17, 15) is 14.7 Å². The van der Waals surface area contributed by atoms with Crippen molar-refractivity contribution in [3.05, 3.63) is 42.7 Å². The van der Waals surface area contributed by atoms with Crippen LogP contribution in [0.3, 0.4) is 0 Å². The molecule has 3 aromatic heterocycles. The van der Waals surface area contributed by atoms with Crippen molar-refractivity contribution in [2.45, 2.75) is 12.6 Å². The summed E-state index contributed by atoms with van der Waals surface area (Å²) in [5, 5.41) is 9.59. The lowest BCUT2D eigenvalue weighted by Crippen LogP contribution is -2.41. The number of hydrogen-bond donors (Lipinski definition) is 3. The Hall–Kier alpha value is -3.56. The number of carbonyl (C=O) groups is 2. The molecule has 24 heavy (non-hydrogen) atoms. The zero-order chi connectivity index (χ0) is 17.3. The number of imidazole rings is 1. The maximum atomic E-state index is 11.7. The summed E-state index contributed by atoms with van der Waals surface area (Å²) in [6.07, 6.45) is 5.73. The smallest absolute Gasteiger partial charge is 0.333 e. The molecule has 0 fully saturated rings. The first-order chi connectivity index (χ1) is 11.5. The number of pyridine rings is 1. The average Bonchev–Trinajstić information content (AvgIpc) is 2.98. The summed E-state index contributed by atoms with van der Waals surface area (Å²) in [5.41, 5.74) is 11.9. The van der Waals surface area contributed by atoms with Crippen molar-refractivity contribution in [3.63, 3.8) is 0 Å². The van der Waals surface area contributed by atoms with Gasteiger partial charge in [-0.05, 0) is 6.07 Å². The highest BCUT2D eigenvalue weighted by atomic mass is 16.4. The number of nitrogen functional groups attached to an aromatic ring is 1. The lowest BCUT2D eigenvalue weighted by atomic mass is 10.2. The van der Waals surface area contributed by atoms with Crippen LogP contribution in [0.1, 0.15) is 16.4 Å². The number of carboxylic acid groups (broad SMARTS) is 1. The van der Waals surface area contributed by atoms with Crippen molar-refractivity contribution in [1.29, 1.82) is 0 Å². The number of nitrogens with zero attached hydrogens (tertiary/aromatic N) is 5. The molecular formula is C14H14N7O3+. The van der Waals surface area contributed by atoms with Gasteiger partial charge in [0, 0.05) is 6.07 Å². The highest BCUT2D eigenvalue weighted by molar-refractivity contribution is 5.92. The molecule has 0 spiro atoms. The van der Waals surface area contributed by atoms with E-state index in [1.54, 1.807) is 22.9 Å². The molecule has 0 aliphatic rings. The first kappa shape index (κ1) is 15.3. The van der Waals surface area contributed by atoms with E-state index in [0.29, 0.717) is 11.2 Å². The second kappa shape index (κ2) is 5.91. The lowest BCUT2D eigenvalue weighted by Gasteiger charge is -2.11. The predicted molar refractivity (Wildman–Crippen MR) is 81.6 cm³/mol. The number of nitrogens with two attached hydrogens (primary N) is 2. The summed E-state index contributed by atoms with van der Waals surface area (Å²) < 4.78 is 2.97. The molecule has 0 unspecified atom stereocenters. The van der Waals surface area contributed by atoms with E-state index >= 15 is 0 Å². The molecule has 0 radical (unpaired) electrons. The van der Waals surface area contributed by atoms with Crippen molar-refractivity contribution < 1.29 is 19.3 Å². The maximum Gasteiger partial charge on any atom is 0.333 e. The van der Waals surface area contributed by atoms with Crippen LogP contribution in [0.25, 0.3) is 11.2 Å². The van der Waals surface area contributed by atoms with Crippen LogP contribution in [-0.4, -0.2) is 36.5 Å². The van der Waals surface area contributed by atoms with E-state index in [0.717, 1.165) is 0 Å². The number of anilines is 1. The Bertz CT molecular complexity index is 937. The molecule has 3 rings (SSSR count). The van der Waals surface area contributed by atoms with Gasteiger partial charge in [-0.1, -0.05) is 0 Å². The van der Waals surface area contributed by atoms with Crippen LogP contribution in [0.2, 0.25) is 0 Å². The van der Waals surface area contributed by atoms with Crippen LogP contribution in [0.4, 0.5) is 5.82 Å². The zero-order valence-electron chi connectivity index (χ0n) is 12.4. The van der Waals surface area contributed by atoms with Crippen molar-refractivity contribution in [3.8, 4) is 0 Å². The monoisotopic (exact) mass is 328 g/mol. The molecule has 0 aliphatic heterocycles. The van der Waals surface area contributed by atoms with Gasteiger partial charge in [-0.25, -0.2) is 24.3 Å². The Morgan fingerprint density at radius 1 is 1.33 bits per heavy atom. The van der Waals surface area contributed by atoms with Gasteiger partial charge in [0.1, 0.15) is 17.4 Å². The SMILES string of the molecule is NC(=O)c1ccc[n+](C[C@H](C(=O)O)n2cnc3c(N)ncnc32)c1. The van der Waals surface area contributed by atoms with E-state index in [1.165, 1.54) is 23.4 Å². The lowest BCUT2D eigenvalue weighted by molar-refractivity contribution is -0.700. The van der Waals surface area contributed by atoms with Crippen LogP contribution >= 0.6 is 0 Å². The normalized spacial score (nSPS) is 12.2. The van der Waals surface area contributed by atoms with Crippen molar-refractivity contribution in [2.75, 3.05) is 5.73 Å². The van der Waals surface area contributed by atoms with Gasteiger partial charge in [0.25, 0.3) is 5.91 Å². The highest BCUT2D eigenvalue weighted by Crippen LogP contribution is 2.19. The molecule has 3 aromatic rings. The molecule has 1 amide bonds. The molecular weight excluding hydrogens is 314 g/mol. The third-order valence-corrected chi connectivity index (χ3v) is 3.53. The van der Waals surface area contributed by atoms with E-state index in [4.69, 9.17) is 11.5 Å². The molecule has 5 N–H and O–H groups in total. The fourth-order valence-electron chi connectivity index (χ4n) is 2.36. The first-order valence-corrected chi connectivity index (χ1v) is 6.92. The number of rotatable bonds is 5. The van der Waals surface area contributed by atoms with Crippen molar-refractivity contribution in [1.82, 2.24) is 19.5 Å². The number of carboxylic acids is 1. The number of amides is 1. The Morgan fingerprint density at radius 3 is 2.83 bits per heavy atom. The Kier molecular flexibility index (Phi) is 3.78. The first-order valence-electron chi connectivity index (χ1n) is 6.92. The minimum absolute atomic E-state index is 0.0474.